The molecule has 0 unspecified atom stereocenters. The molecule has 0 radical (unpaired) electrons. The molecule has 1 saturated heterocycles. The van der Waals surface area contributed by atoms with Crippen molar-refractivity contribution in [2.45, 2.75) is 26.2 Å². The lowest BCUT2D eigenvalue weighted by atomic mass is 10.1. The number of nitrogens with two attached hydrogens (primary N) is 1. The fourth-order valence-electron chi connectivity index (χ4n) is 2.83. The maximum absolute atomic E-state index is 12.6. The summed E-state index contributed by atoms with van der Waals surface area (Å²) in [4.78, 5) is 42.8. The minimum atomic E-state index is -0.856. The fourth-order valence-corrected chi connectivity index (χ4v) is 3.50. The van der Waals surface area contributed by atoms with Crippen LogP contribution in [0, 0.1) is 0 Å². The van der Waals surface area contributed by atoms with Crippen molar-refractivity contribution in [2.24, 2.45) is 10.7 Å². The first kappa shape index (κ1) is 21.2. The Balaban J connectivity index is 1.86. The highest BCUT2D eigenvalue weighted by Crippen LogP contribution is 2.30. The summed E-state index contributed by atoms with van der Waals surface area (Å²) in [6.07, 6.45) is 4.85. The number of aromatic nitrogens is 2. The number of hydrogen-bond donors (Lipinski definition) is 2. The molecule has 1 aliphatic heterocycles. The van der Waals surface area contributed by atoms with E-state index in [1.54, 1.807) is 13.0 Å². The molecule has 0 spiro atoms. The van der Waals surface area contributed by atoms with Crippen LogP contribution in [0.25, 0.3) is 0 Å². The summed E-state index contributed by atoms with van der Waals surface area (Å²) in [5.74, 6) is -1.27. The molecule has 3 N–H and O–H groups in total. The molecule has 158 valence electrons. The molecule has 0 bridgehead atoms. The van der Waals surface area contributed by atoms with Gasteiger partial charge in [0.25, 0.3) is 5.91 Å². The molecule has 0 saturated carbocycles. The molecule has 0 aliphatic carbocycles. The molecular formula is C18H20N6O5S. The molecule has 2 aromatic heterocycles. The highest BCUT2D eigenvalue weighted by molar-refractivity contribution is 7.18. The van der Waals surface area contributed by atoms with E-state index in [4.69, 9.17) is 14.9 Å². The number of nitrogens with one attached hydrogen (secondary N) is 1. The number of allylic oxidation sites excluding steroid dienone is 1. The Hall–Kier alpha value is -3.54. The lowest BCUT2D eigenvalue weighted by Crippen LogP contribution is -2.36. The van der Waals surface area contributed by atoms with Crippen LogP contribution < -0.4 is 26.3 Å². The third kappa shape index (κ3) is 4.71. The quantitative estimate of drug-likeness (QED) is 0.656. The number of amides is 2. The Labute approximate surface area is 175 Å². The Kier molecular flexibility index (Phi) is 6.57. The standard InChI is InChI=1S/C18H20N6O5S/c1-10(6-7-19)20-17-22-23-18(30-17)21-15(26)12-9-11(14(28-2)16(27)29-12)24-8-4-3-5-13(24)25/h6-7,9H,3-5,8,19H2,1-2H3,(H,21,23,26)/b7-6-,20-10+. The van der Waals surface area contributed by atoms with Gasteiger partial charge in [0.05, 0.1) is 12.8 Å². The zero-order valence-electron chi connectivity index (χ0n) is 16.4. The Morgan fingerprint density at radius 1 is 1.40 bits per heavy atom. The maximum Gasteiger partial charge on any atom is 0.381 e. The predicted octanol–water partition coefficient (Wildman–Crippen LogP) is 1.83. The SMILES string of the molecule is COc1c(N2CCCCC2=O)cc(C(=O)Nc2nnc(/N=C(C)/C=C\N)s2)oc1=O. The van der Waals surface area contributed by atoms with Crippen molar-refractivity contribution < 1.29 is 18.7 Å². The molecule has 0 atom stereocenters. The van der Waals surface area contributed by atoms with Crippen LogP contribution in [-0.2, 0) is 4.79 Å². The average molecular weight is 432 g/mol. The number of ether oxygens (including phenoxy) is 1. The molecule has 30 heavy (non-hydrogen) atoms. The number of aliphatic imine (C=N–C) groups is 1. The minimum Gasteiger partial charge on any atom is -0.488 e. The van der Waals surface area contributed by atoms with E-state index < -0.39 is 11.5 Å². The molecule has 2 amide bonds. The molecule has 1 aliphatic rings. The van der Waals surface area contributed by atoms with Crippen LogP contribution in [0.2, 0.25) is 0 Å². The summed E-state index contributed by atoms with van der Waals surface area (Å²) in [5.41, 5.74) is 5.27. The van der Waals surface area contributed by atoms with Gasteiger partial charge in [-0.15, -0.1) is 10.2 Å². The molecule has 0 aromatic carbocycles. The van der Waals surface area contributed by atoms with Gasteiger partial charge in [0.15, 0.2) is 5.76 Å². The van der Waals surface area contributed by atoms with Crippen molar-refractivity contribution in [3.8, 4) is 5.75 Å². The minimum absolute atomic E-state index is 0.127. The van der Waals surface area contributed by atoms with Crippen molar-refractivity contribution in [1.29, 1.82) is 0 Å². The molecular weight excluding hydrogens is 412 g/mol. The Morgan fingerprint density at radius 3 is 2.90 bits per heavy atom. The first-order valence-corrected chi connectivity index (χ1v) is 9.85. The predicted molar refractivity (Wildman–Crippen MR) is 112 cm³/mol. The highest BCUT2D eigenvalue weighted by atomic mass is 32.1. The summed E-state index contributed by atoms with van der Waals surface area (Å²) in [6.45, 7) is 2.16. The number of methoxy groups -OCH3 is 1. The summed E-state index contributed by atoms with van der Waals surface area (Å²) in [5, 5.41) is 10.7. The Bertz CT molecular complexity index is 1070. The Morgan fingerprint density at radius 2 is 2.20 bits per heavy atom. The third-order valence-electron chi connectivity index (χ3n) is 4.17. The zero-order chi connectivity index (χ0) is 21.7. The number of anilines is 2. The molecule has 2 aromatic rings. The molecule has 11 nitrogen and oxygen atoms in total. The number of rotatable bonds is 6. The van der Waals surface area contributed by atoms with E-state index in [2.05, 4.69) is 20.5 Å². The number of hydrogen-bond acceptors (Lipinski definition) is 10. The summed E-state index contributed by atoms with van der Waals surface area (Å²) < 4.78 is 10.2. The normalized spacial score (nSPS) is 14.9. The van der Waals surface area contributed by atoms with E-state index >= 15 is 0 Å². The van der Waals surface area contributed by atoms with Gasteiger partial charge in [0, 0.05) is 24.7 Å². The number of nitrogens with zero attached hydrogens (tertiary/aromatic N) is 4. The summed E-state index contributed by atoms with van der Waals surface area (Å²) in [7, 11) is 1.30. The third-order valence-corrected chi connectivity index (χ3v) is 4.91. The van der Waals surface area contributed by atoms with E-state index in [0.29, 0.717) is 23.8 Å². The van der Waals surface area contributed by atoms with Gasteiger partial charge in [-0.25, -0.2) is 9.79 Å². The van der Waals surface area contributed by atoms with Gasteiger partial charge < -0.3 is 19.8 Å². The van der Waals surface area contributed by atoms with E-state index in [-0.39, 0.29) is 28.2 Å². The summed E-state index contributed by atoms with van der Waals surface area (Å²) >= 11 is 1.03. The number of piperidine rings is 1. The molecule has 3 heterocycles. The average Bonchev–Trinajstić information content (AvgIpc) is 3.14. The van der Waals surface area contributed by atoms with E-state index in [1.807, 2.05) is 0 Å². The van der Waals surface area contributed by atoms with Gasteiger partial charge in [0.2, 0.25) is 21.9 Å². The lowest BCUT2D eigenvalue weighted by molar-refractivity contribution is -0.119. The van der Waals surface area contributed by atoms with Crippen molar-refractivity contribution in [3.63, 3.8) is 0 Å². The second-order valence-electron chi connectivity index (χ2n) is 6.28. The zero-order valence-corrected chi connectivity index (χ0v) is 17.2. The van der Waals surface area contributed by atoms with Crippen molar-refractivity contribution in [2.75, 3.05) is 23.9 Å². The second-order valence-corrected chi connectivity index (χ2v) is 7.23. The van der Waals surface area contributed by atoms with E-state index in [9.17, 15) is 14.4 Å². The molecule has 12 heteroatoms. The van der Waals surface area contributed by atoms with Crippen LogP contribution in [0.15, 0.2) is 32.5 Å². The monoisotopic (exact) mass is 432 g/mol. The van der Waals surface area contributed by atoms with Crippen LogP contribution >= 0.6 is 11.3 Å². The first-order valence-electron chi connectivity index (χ1n) is 9.04. The first-order chi connectivity index (χ1) is 14.4. The van der Waals surface area contributed by atoms with Crippen LogP contribution in [0.1, 0.15) is 36.7 Å². The van der Waals surface area contributed by atoms with Crippen molar-refractivity contribution in [3.05, 3.63) is 34.5 Å². The fraction of sp³-hybridized carbons (Fsp3) is 0.333. The number of carbonyl (C=O) groups is 2. The van der Waals surface area contributed by atoms with Gasteiger partial charge in [-0.2, -0.15) is 0 Å². The largest absolute Gasteiger partial charge is 0.488 e. The van der Waals surface area contributed by atoms with Gasteiger partial charge in [0.1, 0.15) is 0 Å². The second kappa shape index (κ2) is 9.31. The van der Waals surface area contributed by atoms with Crippen molar-refractivity contribution in [1.82, 2.24) is 10.2 Å². The van der Waals surface area contributed by atoms with Crippen LogP contribution in [0.3, 0.4) is 0 Å². The molecule has 1 fully saturated rings. The van der Waals surface area contributed by atoms with Crippen LogP contribution in [0.5, 0.6) is 5.75 Å². The van der Waals surface area contributed by atoms with E-state index in [0.717, 1.165) is 24.2 Å². The number of carbonyl (C=O) groups excluding carboxylic acids is 2. The van der Waals surface area contributed by atoms with Crippen LogP contribution in [-0.4, -0.2) is 41.4 Å². The van der Waals surface area contributed by atoms with E-state index in [1.165, 1.54) is 24.3 Å². The highest BCUT2D eigenvalue weighted by Gasteiger charge is 2.27. The lowest BCUT2D eigenvalue weighted by Gasteiger charge is -2.27. The summed E-state index contributed by atoms with van der Waals surface area (Å²) in [6, 6.07) is 1.31. The van der Waals surface area contributed by atoms with Gasteiger partial charge >= 0.3 is 5.63 Å². The van der Waals surface area contributed by atoms with Gasteiger partial charge in [-0.05, 0) is 32.0 Å². The maximum atomic E-state index is 12.6. The van der Waals surface area contributed by atoms with Crippen molar-refractivity contribution >= 4 is 44.8 Å². The molecule has 3 rings (SSSR count). The smallest absolute Gasteiger partial charge is 0.381 e. The topological polar surface area (TPSA) is 153 Å². The van der Waals surface area contributed by atoms with Gasteiger partial charge in [-0.3, -0.25) is 14.9 Å². The van der Waals surface area contributed by atoms with Crippen LogP contribution in [0.4, 0.5) is 16.0 Å². The van der Waals surface area contributed by atoms with Gasteiger partial charge in [-0.1, -0.05) is 11.3 Å².